The van der Waals surface area contributed by atoms with Crippen molar-refractivity contribution in [3.8, 4) is 0 Å². The zero-order valence-corrected chi connectivity index (χ0v) is 15.7. The predicted octanol–water partition coefficient (Wildman–Crippen LogP) is 3.15. The molecule has 144 valence electrons. The number of furan rings is 1. The highest BCUT2D eigenvalue weighted by Crippen LogP contribution is 2.37. The minimum absolute atomic E-state index is 0.365. The van der Waals surface area contributed by atoms with Crippen LogP contribution in [0.4, 0.5) is 0 Å². The third-order valence-electron chi connectivity index (χ3n) is 5.58. The van der Waals surface area contributed by atoms with Gasteiger partial charge in [-0.05, 0) is 51.3 Å². The number of benzene rings is 1. The third kappa shape index (κ3) is 3.29. The highest BCUT2D eigenvalue weighted by Gasteiger charge is 2.44. The van der Waals surface area contributed by atoms with E-state index in [0.717, 1.165) is 16.3 Å². The molecule has 3 heterocycles. The second-order valence-corrected chi connectivity index (χ2v) is 8.22. The number of ether oxygens (including phenoxy) is 1. The molecule has 0 saturated carbocycles. The van der Waals surface area contributed by atoms with Crippen LogP contribution in [0.25, 0.3) is 21.9 Å². The fraction of sp³-hybridized carbons (Fsp3) is 0.476. The summed E-state index contributed by atoms with van der Waals surface area (Å²) in [6, 6.07) is 6.68. The van der Waals surface area contributed by atoms with Gasteiger partial charge in [0.25, 0.3) is 0 Å². The summed E-state index contributed by atoms with van der Waals surface area (Å²) < 4.78 is 17.0. The van der Waals surface area contributed by atoms with Crippen molar-refractivity contribution in [1.82, 2.24) is 0 Å². The lowest BCUT2D eigenvalue weighted by Crippen LogP contribution is -2.54. The molecule has 0 radical (unpaired) electrons. The Bertz CT molecular complexity index is 1040. The molecular formula is C21H24O6. The Morgan fingerprint density at radius 1 is 1.22 bits per heavy atom. The lowest BCUT2D eigenvalue weighted by Gasteiger charge is -2.44. The van der Waals surface area contributed by atoms with Gasteiger partial charge in [-0.15, -0.1) is 0 Å². The molecule has 27 heavy (non-hydrogen) atoms. The van der Waals surface area contributed by atoms with E-state index >= 15 is 0 Å². The molecule has 1 aromatic carbocycles. The minimum Gasteiger partial charge on any atom is -0.464 e. The largest absolute Gasteiger partial charge is 0.464 e. The van der Waals surface area contributed by atoms with Crippen LogP contribution in [0.2, 0.25) is 0 Å². The molecule has 3 atom stereocenters. The van der Waals surface area contributed by atoms with Gasteiger partial charge in [-0.3, -0.25) is 0 Å². The summed E-state index contributed by atoms with van der Waals surface area (Å²) in [5.74, 6) is 0. The molecule has 3 aromatic rings. The van der Waals surface area contributed by atoms with E-state index in [2.05, 4.69) is 0 Å². The maximum atomic E-state index is 11.6. The van der Waals surface area contributed by atoms with E-state index in [1.54, 1.807) is 39.2 Å². The quantitative estimate of drug-likeness (QED) is 0.686. The molecule has 1 saturated heterocycles. The molecule has 0 unspecified atom stereocenters. The normalized spacial score (nSPS) is 26.7. The first-order valence-corrected chi connectivity index (χ1v) is 9.18. The van der Waals surface area contributed by atoms with Gasteiger partial charge in [-0.2, -0.15) is 0 Å². The van der Waals surface area contributed by atoms with Crippen LogP contribution < -0.4 is 5.63 Å². The smallest absolute Gasteiger partial charge is 0.336 e. The van der Waals surface area contributed by atoms with Crippen molar-refractivity contribution in [3.63, 3.8) is 0 Å². The van der Waals surface area contributed by atoms with Crippen molar-refractivity contribution < 1.29 is 23.8 Å². The number of rotatable bonds is 3. The molecule has 0 spiro atoms. The number of hydrogen-bond acceptors (Lipinski definition) is 6. The standard InChI is InChI=1S/C21H24O6/c1-20(2,23)17-6-8-21(3,24)18(27-17)10-14-12-4-5-19(22)26-16(12)11-15-13(14)7-9-25-15/h4-5,7,9,11,17-18,23-24H,6,8,10H2,1-3H3/t17-,18+,21+/m1/s1. The summed E-state index contributed by atoms with van der Waals surface area (Å²) >= 11 is 0. The molecule has 1 aliphatic rings. The van der Waals surface area contributed by atoms with Crippen LogP contribution in [-0.4, -0.2) is 33.6 Å². The van der Waals surface area contributed by atoms with E-state index in [9.17, 15) is 15.0 Å². The highest BCUT2D eigenvalue weighted by molar-refractivity contribution is 5.97. The van der Waals surface area contributed by atoms with Gasteiger partial charge < -0.3 is 23.8 Å². The van der Waals surface area contributed by atoms with Crippen molar-refractivity contribution in [1.29, 1.82) is 0 Å². The topological polar surface area (TPSA) is 93.0 Å². The van der Waals surface area contributed by atoms with Gasteiger partial charge in [0.2, 0.25) is 0 Å². The number of fused-ring (bicyclic) bond motifs is 2. The van der Waals surface area contributed by atoms with E-state index in [-0.39, 0.29) is 6.10 Å². The predicted molar refractivity (Wildman–Crippen MR) is 101 cm³/mol. The lowest BCUT2D eigenvalue weighted by molar-refractivity contribution is -0.208. The SMILES string of the molecule is CC(C)(O)[C@H]1CC[C@](C)(O)[C@H](Cc2c3ccoc3cc3oc(=O)ccc23)O1. The van der Waals surface area contributed by atoms with Crippen LogP contribution in [0, 0.1) is 0 Å². The van der Waals surface area contributed by atoms with Crippen molar-refractivity contribution in [2.75, 3.05) is 0 Å². The Balaban J connectivity index is 1.81. The summed E-state index contributed by atoms with van der Waals surface area (Å²) in [7, 11) is 0. The van der Waals surface area contributed by atoms with Crippen LogP contribution >= 0.6 is 0 Å². The van der Waals surface area contributed by atoms with Gasteiger partial charge in [-0.1, -0.05) is 0 Å². The Hall–Kier alpha value is -2.15. The van der Waals surface area contributed by atoms with Crippen LogP contribution in [0.15, 0.2) is 44.2 Å². The first-order chi connectivity index (χ1) is 12.6. The zero-order valence-electron chi connectivity index (χ0n) is 15.7. The van der Waals surface area contributed by atoms with Crippen molar-refractivity contribution >= 4 is 21.9 Å². The van der Waals surface area contributed by atoms with Gasteiger partial charge in [0.05, 0.1) is 29.7 Å². The van der Waals surface area contributed by atoms with E-state index in [1.165, 1.54) is 6.07 Å². The van der Waals surface area contributed by atoms with Crippen molar-refractivity contribution in [3.05, 3.63) is 46.5 Å². The minimum atomic E-state index is -1.03. The maximum absolute atomic E-state index is 11.6. The molecule has 2 N–H and O–H groups in total. The fourth-order valence-electron chi connectivity index (χ4n) is 3.92. The summed E-state index contributed by atoms with van der Waals surface area (Å²) in [6.07, 6.45) is 2.22. The molecule has 0 aliphatic carbocycles. The Kier molecular flexibility index (Phi) is 4.18. The van der Waals surface area contributed by atoms with Gasteiger partial charge in [-0.25, -0.2) is 4.79 Å². The molecule has 1 fully saturated rings. The van der Waals surface area contributed by atoms with Crippen LogP contribution in [0.5, 0.6) is 0 Å². The first kappa shape index (κ1) is 18.2. The Morgan fingerprint density at radius 2 is 1.96 bits per heavy atom. The molecule has 2 aromatic heterocycles. The lowest BCUT2D eigenvalue weighted by atomic mass is 9.81. The average Bonchev–Trinajstić information content (AvgIpc) is 3.02. The molecular weight excluding hydrogens is 348 g/mol. The van der Waals surface area contributed by atoms with Crippen LogP contribution in [0.1, 0.15) is 39.2 Å². The Labute approximate surface area is 156 Å². The molecule has 4 rings (SSSR count). The summed E-state index contributed by atoms with van der Waals surface area (Å²) in [5.41, 5.74) is -0.513. The van der Waals surface area contributed by atoms with Crippen LogP contribution in [-0.2, 0) is 11.2 Å². The second kappa shape index (κ2) is 6.19. The third-order valence-corrected chi connectivity index (χ3v) is 5.58. The van der Waals surface area contributed by atoms with Gasteiger partial charge >= 0.3 is 5.63 Å². The highest BCUT2D eigenvalue weighted by atomic mass is 16.5. The van der Waals surface area contributed by atoms with Crippen molar-refractivity contribution in [2.24, 2.45) is 0 Å². The molecule has 6 heteroatoms. The molecule has 6 nitrogen and oxygen atoms in total. The van der Waals surface area contributed by atoms with E-state index in [1.807, 2.05) is 6.07 Å². The fourth-order valence-corrected chi connectivity index (χ4v) is 3.92. The number of aliphatic hydroxyl groups is 2. The van der Waals surface area contributed by atoms with Crippen LogP contribution in [0.3, 0.4) is 0 Å². The molecule has 0 bridgehead atoms. The number of hydrogen-bond donors (Lipinski definition) is 2. The summed E-state index contributed by atoms with van der Waals surface area (Å²) in [6.45, 7) is 5.20. The van der Waals surface area contributed by atoms with Gasteiger partial charge in [0.15, 0.2) is 0 Å². The summed E-state index contributed by atoms with van der Waals surface area (Å²) in [4.78, 5) is 11.6. The van der Waals surface area contributed by atoms with E-state index in [0.29, 0.717) is 30.4 Å². The average molecular weight is 372 g/mol. The first-order valence-electron chi connectivity index (χ1n) is 9.18. The Morgan fingerprint density at radius 3 is 2.70 bits per heavy atom. The van der Waals surface area contributed by atoms with E-state index < -0.39 is 22.9 Å². The van der Waals surface area contributed by atoms with Gasteiger partial charge in [0.1, 0.15) is 11.2 Å². The molecule has 0 amide bonds. The maximum Gasteiger partial charge on any atom is 0.336 e. The monoisotopic (exact) mass is 372 g/mol. The molecule has 1 aliphatic heterocycles. The zero-order chi connectivity index (χ0) is 19.4. The second-order valence-electron chi connectivity index (χ2n) is 8.22. The van der Waals surface area contributed by atoms with E-state index in [4.69, 9.17) is 13.6 Å². The summed E-state index contributed by atoms with van der Waals surface area (Å²) in [5, 5.41) is 23.0. The van der Waals surface area contributed by atoms with Crippen molar-refractivity contribution in [2.45, 2.75) is 63.4 Å². The van der Waals surface area contributed by atoms with Gasteiger partial charge in [0, 0.05) is 29.3 Å².